The van der Waals surface area contributed by atoms with Crippen LogP contribution in [0.3, 0.4) is 0 Å². The number of aryl methyl sites for hydroxylation is 2. The average molecular weight is 455 g/mol. The zero-order valence-corrected chi connectivity index (χ0v) is 18.6. The molecule has 3 aromatic rings. The Kier molecular flexibility index (Phi) is 6.03. The molecule has 0 spiro atoms. The standard InChI is InChI=1S/C24H23ClN2O3S/c1-16(18-11-10-17-6-5-7-19(17)14-18)26-24(28)22-13-12-20(15-23(22)25)27-31(29,30)21-8-3-2-4-9-21/h2-4,8-16,27H,5-7H2,1H3,(H,26,28)/t16-/m0/s1. The Morgan fingerprint density at radius 2 is 1.71 bits per heavy atom. The molecule has 1 aliphatic rings. The highest BCUT2D eigenvalue weighted by atomic mass is 35.5. The van der Waals surface area contributed by atoms with Gasteiger partial charge in [0.05, 0.1) is 27.2 Å². The van der Waals surface area contributed by atoms with Crippen molar-refractivity contribution < 1.29 is 13.2 Å². The van der Waals surface area contributed by atoms with E-state index in [0.29, 0.717) is 0 Å². The molecule has 0 unspecified atom stereocenters. The second-order valence-electron chi connectivity index (χ2n) is 7.69. The van der Waals surface area contributed by atoms with Gasteiger partial charge in [-0.15, -0.1) is 0 Å². The van der Waals surface area contributed by atoms with Crippen molar-refractivity contribution in [1.29, 1.82) is 0 Å². The van der Waals surface area contributed by atoms with Crippen molar-refractivity contribution in [2.75, 3.05) is 4.72 Å². The molecule has 0 heterocycles. The van der Waals surface area contributed by atoms with Crippen LogP contribution in [0.4, 0.5) is 5.69 Å². The summed E-state index contributed by atoms with van der Waals surface area (Å²) in [6.07, 6.45) is 3.37. The topological polar surface area (TPSA) is 75.3 Å². The van der Waals surface area contributed by atoms with Gasteiger partial charge in [-0.3, -0.25) is 9.52 Å². The van der Waals surface area contributed by atoms with Gasteiger partial charge in [0.2, 0.25) is 0 Å². The van der Waals surface area contributed by atoms with Crippen molar-refractivity contribution in [2.45, 2.75) is 37.1 Å². The monoisotopic (exact) mass is 454 g/mol. The smallest absolute Gasteiger partial charge is 0.261 e. The minimum Gasteiger partial charge on any atom is -0.345 e. The van der Waals surface area contributed by atoms with Gasteiger partial charge in [-0.1, -0.05) is 48.0 Å². The van der Waals surface area contributed by atoms with Crippen LogP contribution in [0.2, 0.25) is 5.02 Å². The highest BCUT2D eigenvalue weighted by Gasteiger charge is 2.19. The average Bonchev–Trinajstić information content (AvgIpc) is 3.22. The van der Waals surface area contributed by atoms with E-state index in [1.54, 1.807) is 18.2 Å². The van der Waals surface area contributed by atoms with E-state index >= 15 is 0 Å². The van der Waals surface area contributed by atoms with Crippen LogP contribution in [-0.2, 0) is 22.9 Å². The maximum Gasteiger partial charge on any atom is 0.261 e. The Labute approximate surface area is 187 Å². The fourth-order valence-electron chi connectivity index (χ4n) is 3.80. The second kappa shape index (κ2) is 8.73. The lowest BCUT2D eigenvalue weighted by molar-refractivity contribution is 0.0940. The first kappa shape index (κ1) is 21.4. The Balaban J connectivity index is 1.47. The molecule has 1 atom stereocenters. The van der Waals surface area contributed by atoms with Gasteiger partial charge in [0, 0.05) is 0 Å². The van der Waals surface area contributed by atoms with Gasteiger partial charge in [0.15, 0.2) is 0 Å². The summed E-state index contributed by atoms with van der Waals surface area (Å²) in [6.45, 7) is 1.94. The Morgan fingerprint density at radius 3 is 2.45 bits per heavy atom. The molecule has 0 saturated heterocycles. The number of carbonyl (C=O) groups excluding carboxylic acids is 1. The number of anilines is 1. The fraction of sp³-hybridized carbons (Fsp3) is 0.208. The highest BCUT2D eigenvalue weighted by Crippen LogP contribution is 2.27. The zero-order valence-electron chi connectivity index (χ0n) is 17.1. The number of halogens is 1. The summed E-state index contributed by atoms with van der Waals surface area (Å²) in [5.41, 5.74) is 4.37. The molecule has 0 radical (unpaired) electrons. The number of hydrogen-bond acceptors (Lipinski definition) is 3. The maximum absolute atomic E-state index is 12.8. The largest absolute Gasteiger partial charge is 0.345 e. The molecule has 31 heavy (non-hydrogen) atoms. The van der Waals surface area contributed by atoms with E-state index in [2.05, 4.69) is 28.2 Å². The Hall–Kier alpha value is -2.83. The van der Waals surface area contributed by atoms with Crippen LogP contribution in [0.15, 0.2) is 71.6 Å². The van der Waals surface area contributed by atoms with Gasteiger partial charge >= 0.3 is 0 Å². The predicted molar refractivity (Wildman–Crippen MR) is 123 cm³/mol. The summed E-state index contributed by atoms with van der Waals surface area (Å²) in [5.74, 6) is -0.310. The predicted octanol–water partition coefficient (Wildman–Crippen LogP) is 5.12. The summed E-state index contributed by atoms with van der Waals surface area (Å²) in [6, 6.07) is 18.7. The van der Waals surface area contributed by atoms with E-state index in [1.807, 2.05) is 6.92 Å². The lowest BCUT2D eigenvalue weighted by atomic mass is 10.0. The molecule has 0 aromatic heterocycles. The number of amides is 1. The number of benzene rings is 3. The molecule has 0 aliphatic heterocycles. The molecule has 0 fully saturated rings. The number of hydrogen-bond donors (Lipinski definition) is 2. The lowest BCUT2D eigenvalue weighted by Gasteiger charge is -2.17. The molecule has 1 amide bonds. The van der Waals surface area contributed by atoms with Gasteiger partial charge in [-0.25, -0.2) is 8.42 Å². The molecule has 5 nitrogen and oxygen atoms in total. The van der Waals surface area contributed by atoms with Gasteiger partial charge < -0.3 is 5.32 Å². The van der Waals surface area contributed by atoms with Crippen molar-refractivity contribution >= 4 is 33.2 Å². The minimum absolute atomic E-state index is 0.149. The number of carbonyl (C=O) groups is 1. The van der Waals surface area contributed by atoms with Gasteiger partial charge in [0.25, 0.3) is 15.9 Å². The quantitative estimate of drug-likeness (QED) is 0.542. The summed E-state index contributed by atoms with van der Waals surface area (Å²) < 4.78 is 27.5. The normalized spacial score (nSPS) is 14.0. The van der Waals surface area contributed by atoms with Crippen molar-refractivity contribution in [3.05, 3.63) is 94.0 Å². The summed E-state index contributed by atoms with van der Waals surface area (Å²) >= 11 is 6.31. The molecule has 4 rings (SSSR count). The number of fused-ring (bicyclic) bond motifs is 1. The first-order valence-electron chi connectivity index (χ1n) is 10.1. The van der Waals surface area contributed by atoms with E-state index in [0.717, 1.165) is 18.4 Å². The van der Waals surface area contributed by atoms with Crippen molar-refractivity contribution in [3.63, 3.8) is 0 Å². The first-order valence-corrected chi connectivity index (χ1v) is 12.0. The molecule has 0 saturated carbocycles. The van der Waals surface area contributed by atoms with Crippen LogP contribution in [0.25, 0.3) is 0 Å². The van der Waals surface area contributed by atoms with Crippen LogP contribution >= 0.6 is 11.6 Å². The second-order valence-corrected chi connectivity index (χ2v) is 9.78. The van der Waals surface area contributed by atoms with Crippen LogP contribution in [0, 0.1) is 0 Å². The van der Waals surface area contributed by atoms with Crippen LogP contribution in [0.1, 0.15) is 46.4 Å². The van der Waals surface area contributed by atoms with Crippen molar-refractivity contribution in [1.82, 2.24) is 5.32 Å². The SMILES string of the molecule is C[C@H](NC(=O)c1ccc(NS(=O)(=O)c2ccccc2)cc1Cl)c1ccc2c(c1)CCC2. The molecule has 7 heteroatoms. The van der Waals surface area contributed by atoms with Crippen LogP contribution in [0.5, 0.6) is 0 Å². The summed E-state index contributed by atoms with van der Waals surface area (Å²) in [4.78, 5) is 12.9. The zero-order chi connectivity index (χ0) is 22.0. The molecular formula is C24H23ClN2O3S. The van der Waals surface area contributed by atoms with Crippen LogP contribution in [-0.4, -0.2) is 14.3 Å². The lowest BCUT2D eigenvalue weighted by Crippen LogP contribution is -2.27. The molecule has 160 valence electrons. The fourth-order valence-corrected chi connectivity index (χ4v) is 5.13. The van der Waals surface area contributed by atoms with E-state index < -0.39 is 10.0 Å². The van der Waals surface area contributed by atoms with Gasteiger partial charge in [-0.05, 0) is 73.2 Å². The summed E-state index contributed by atoms with van der Waals surface area (Å²) in [7, 11) is -3.73. The number of nitrogens with one attached hydrogen (secondary N) is 2. The first-order chi connectivity index (χ1) is 14.8. The molecular weight excluding hydrogens is 432 g/mol. The number of rotatable bonds is 6. The van der Waals surface area contributed by atoms with Gasteiger partial charge in [-0.2, -0.15) is 0 Å². The third-order valence-corrected chi connectivity index (χ3v) is 7.20. The molecule has 2 N–H and O–H groups in total. The van der Waals surface area contributed by atoms with E-state index in [-0.39, 0.29) is 33.1 Å². The van der Waals surface area contributed by atoms with E-state index in [1.165, 1.54) is 47.9 Å². The third kappa shape index (κ3) is 4.75. The van der Waals surface area contributed by atoms with Crippen molar-refractivity contribution in [2.24, 2.45) is 0 Å². The Morgan fingerprint density at radius 1 is 0.968 bits per heavy atom. The van der Waals surface area contributed by atoms with E-state index in [9.17, 15) is 13.2 Å². The van der Waals surface area contributed by atoms with Crippen LogP contribution < -0.4 is 10.0 Å². The maximum atomic E-state index is 12.8. The molecule has 1 aliphatic carbocycles. The molecule has 3 aromatic carbocycles. The summed E-state index contributed by atoms with van der Waals surface area (Å²) in [5, 5.41) is 3.15. The van der Waals surface area contributed by atoms with Gasteiger partial charge in [0.1, 0.15) is 0 Å². The Bertz CT molecular complexity index is 1230. The highest BCUT2D eigenvalue weighted by molar-refractivity contribution is 7.92. The number of sulfonamides is 1. The van der Waals surface area contributed by atoms with Crippen molar-refractivity contribution in [3.8, 4) is 0 Å². The minimum atomic E-state index is -3.73. The third-order valence-electron chi connectivity index (χ3n) is 5.49. The van der Waals surface area contributed by atoms with E-state index in [4.69, 9.17) is 11.6 Å². The molecule has 0 bridgehead atoms.